The van der Waals surface area contributed by atoms with Crippen molar-refractivity contribution >= 4 is 34.9 Å². The van der Waals surface area contributed by atoms with Crippen LogP contribution in [-0.2, 0) is 0 Å². The van der Waals surface area contributed by atoms with Crippen molar-refractivity contribution in [1.82, 2.24) is 4.90 Å². The molecule has 0 aliphatic heterocycles. The van der Waals surface area contributed by atoms with Gasteiger partial charge in [0, 0.05) is 12.1 Å². The Labute approximate surface area is 116 Å². The van der Waals surface area contributed by atoms with Gasteiger partial charge in [-0.1, -0.05) is 23.2 Å². The smallest absolute Gasteiger partial charge is 0.321 e. The lowest BCUT2D eigenvalue weighted by Crippen LogP contribution is -2.40. The Balaban J connectivity index is 2.85. The first-order valence-corrected chi connectivity index (χ1v) is 6.22. The number of rotatable bonds is 3. The summed E-state index contributed by atoms with van der Waals surface area (Å²) in [5.74, 6) is 0. The van der Waals surface area contributed by atoms with E-state index in [0.717, 1.165) is 5.56 Å². The molecule has 0 fully saturated rings. The highest BCUT2D eigenvalue weighted by molar-refractivity contribution is 6.36. The molecule has 0 aromatic heterocycles. The average Bonchev–Trinajstić information content (AvgIpc) is 2.33. The van der Waals surface area contributed by atoms with Gasteiger partial charge in [-0.25, -0.2) is 4.79 Å². The molecule has 0 radical (unpaired) electrons. The number of halogens is 2. The van der Waals surface area contributed by atoms with Crippen LogP contribution in [0.2, 0.25) is 10.0 Å². The number of carbonyl (C=O) groups is 1. The normalized spacial score (nSPS) is 12.1. The average molecular weight is 291 g/mol. The van der Waals surface area contributed by atoms with E-state index in [2.05, 4.69) is 5.32 Å². The van der Waals surface area contributed by atoms with E-state index in [1.54, 1.807) is 26.1 Å². The minimum absolute atomic E-state index is 0.105. The van der Waals surface area contributed by atoms with E-state index in [9.17, 15) is 4.79 Å². The summed E-state index contributed by atoms with van der Waals surface area (Å²) in [5.41, 5.74) is 1.30. The van der Waals surface area contributed by atoms with Crippen LogP contribution in [0.3, 0.4) is 0 Å². The van der Waals surface area contributed by atoms with Gasteiger partial charge in [-0.2, -0.15) is 0 Å². The highest BCUT2D eigenvalue weighted by Crippen LogP contribution is 2.28. The molecule has 1 unspecified atom stereocenters. The Kier molecular flexibility index (Phi) is 5.26. The van der Waals surface area contributed by atoms with Crippen molar-refractivity contribution in [2.75, 3.05) is 19.0 Å². The molecule has 0 spiro atoms. The minimum atomic E-state index is -0.349. The van der Waals surface area contributed by atoms with Gasteiger partial charge in [-0.05, 0) is 31.5 Å². The van der Waals surface area contributed by atoms with E-state index in [1.807, 2.05) is 6.92 Å². The Morgan fingerprint density at radius 3 is 2.61 bits per heavy atom. The van der Waals surface area contributed by atoms with Crippen LogP contribution in [0, 0.1) is 6.92 Å². The Hall–Kier alpha value is -0.970. The van der Waals surface area contributed by atoms with Crippen molar-refractivity contribution in [1.29, 1.82) is 0 Å². The fourth-order valence-electron chi connectivity index (χ4n) is 1.27. The molecule has 0 aliphatic carbocycles. The van der Waals surface area contributed by atoms with Crippen molar-refractivity contribution in [2.45, 2.75) is 19.9 Å². The van der Waals surface area contributed by atoms with Crippen LogP contribution < -0.4 is 5.32 Å². The zero-order valence-electron chi connectivity index (χ0n) is 10.5. The van der Waals surface area contributed by atoms with Crippen LogP contribution in [-0.4, -0.2) is 35.7 Å². The number of hydrogen-bond donors (Lipinski definition) is 2. The predicted molar refractivity (Wildman–Crippen MR) is 74.5 cm³/mol. The largest absolute Gasteiger partial charge is 0.394 e. The quantitative estimate of drug-likeness (QED) is 0.899. The summed E-state index contributed by atoms with van der Waals surface area (Å²) in [6, 6.07) is 2.67. The van der Waals surface area contributed by atoms with Crippen molar-refractivity contribution in [3.8, 4) is 0 Å². The molecule has 18 heavy (non-hydrogen) atoms. The maximum atomic E-state index is 11.9. The molecule has 1 aromatic rings. The molecule has 100 valence electrons. The summed E-state index contributed by atoms with van der Waals surface area (Å²) >= 11 is 12.0. The van der Waals surface area contributed by atoms with Gasteiger partial charge in [0.15, 0.2) is 0 Å². The zero-order chi connectivity index (χ0) is 13.9. The van der Waals surface area contributed by atoms with Gasteiger partial charge < -0.3 is 15.3 Å². The molecule has 0 aliphatic rings. The maximum absolute atomic E-state index is 11.9. The third kappa shape index (κ3) is 3.51. The zero-order valence-corrected chi connectivity index (χ0v) is 12.0. The summed E-state index contributed by atoms with van der Waals surface area (Å²) in [7, 11) is 1.60. The Morgan fingerprint density at radius 1 is 1.44 bits per heavy atom. The number of anilines is 1. The van der Waals surface area contributed by atoms with Crippen molar-refractivity contribution in [2.24, 2.45) is 0 Å². The minimum Gasteiger partial charge on any atom is -0.394 e. The second kappa shape index (κ2) is 6.27. The fraction of sp³-hybridized carbons (Fsp3) is 0.417. The number of amides is 2. The van der Waals surface area contributed by atoms with Crippen LogP contribution in [0.1, 0.15) is 12.5 Å². The molecular weight excluding hydrogens is 275 g/mol. The van der Waals surface area contributed by atoms with E-state index >= 15 is 0 Å². The van der Waals surface area contributed by atoms with E-state index in [0.29, 0.717) is 15.7 Å². The molecule has 0 saturated carbocycles. The SMILES string of the molecule is Cc1cc(Cl)c(NC(=O)N(C)C(C)CO)cc1Cl. The number of benzene rings is 1. The van der Waals surface area contributed by atoms with Crippen molar-refractivity contribution in [3.63, 3.8) is 0 Å². The van der Waals surface area contributed by atoms with Crippen LogP contribution in [0.25, 0.3) is 0 Å². The summed E-state index contributed by atoms with van der Waals surface area (Å²) in [6.07, 6.45) is 0. The first kappa shape index (κ1) is 15.1. The number of urea groups is 1. The van der Waals surface area contributed by atoms with Gasteiger partial charge in [-0.3, -0.25) is 0 Å². The lowest BCUT2D eigenvalue weighted by Gasteiger charge is -2.23. The third-order valence-electron chi connectivity index (χ3n) is 2.74. The number of nitrogens with zero attached hydrogens (tertiary/aromatic N) is 1. The Morgan fingerprint density at radius 2 is 2.06 bits per heavy atom. The lowest BCUT2D eigenvalue weighted by molar-refractivity contribution is 0.166. The topological polar surface area (TPSA) is 52.6 Å². The summed E-state index contributed by atoms with van der Waals surface area (Å²) in [4.78, 5) is 13.3. The molecule has 1 rings (SSSR count). The lowest BCUT2D eigenvalue weighted by atomic mass is 10.2. The number of aliphatic hydroxyl groups is 1. The van der Waals surface area contributed by atoms with Crippen LogP contribution in [0.4, 0.5) is 10.5 Å². The molecule has 0 saturated heterocycles. The molecule has 0 heterocycles. The van der Waals surface area contributed by atoms with Gasteiger partial charge in [0.2, 0.25) is 0 Å². The molecule has 2 amide bonds. The Bertz CT molecular complexity index is 452. The molecule has 2 N–H and O–H groups in total. The molecule has 0 bridgehead atoms. The highest BCUT2D eigenvalue weighted by Gasteiger charge is 2.16. The van der Waals surface area contributed by atoms with E-state index in [-0.39, 0.29) is 18.7 Å². The summed E-state index contributed by atoms with van der Waals surface area (Å²) in [6.45, 7) is 3.47. The molecule has 1 atom stereocenters. The summed E-state index contributed by atoms with van der Waals surface area (Å²) in [5, 5.41) is 12.6. The number of hydrogen-bond acceptors (Lipinski definition) is 2. The van der Waals surface area contributed by atoms with Crippen molar-refractivity contribution < 1.29 is 9.90 Å². The number of aliphatic hydroxyl groups excluding tert-OH is 1. The first-order valence-electron chi connectivity index (χ1n) is 5.47. The van der Waals surface area contributed by atoms with E-state index in [4.69, 9.17) is 28.3 Å². The molecule has 1 aromatic carbocycles. The molecule has 6 heteroatoms. The highest BCUT2D eigenvalue weighted by atomic mass is 35.5. The maximum Gasteiger partial charge on any atom is 0.321 e. The third-order valence-corrected chi connectivity index (χ3v) is 3.46. The van der Waals surface area contributed by atoms with Gasteiger partial charge >= 0.3 is 6.03 Å². The number of nitrogens with one attached hydrogen (secondary N) is 1. The molecule has 4 nitrogen and oxygen atoms in total. The number of aryl methyl sites for hydroxylation is 1. The van der Waals surface area contributed by atoms with Gasteiger partial charge in [0.1, 0.15) is 0 Å². The number of likely N-dealkylation sites (N-methyl/N-ethyl adjacent to an activating group) is 1. The first-order chi connectivity index (χ1) is 8.36. The van der Waals surface area contributed by atoms with E-state index in [1.165, 1.54) is 4.90 Å². The predicted octanol–water partition coefficient (Wildman–Crippen LogP) is 3.15. The van der Waals surface area contributed by atoms with Gasteiger partial charge in [-0.15, -0.1) is 0 Å². The van der Waals surface area contributed by atoms with Gasteiger partial charge in [0.25, 0.3) is 0 Å². The second-order valence-electron chi connectivity index (χ2n) is 4.15. The van der Waals surface area contributed by atoms with Crippen LogP contribution >= 0.6 is 23.2 Å². The standard InChI is InChI=1S/C12H16Cl2N2O2/c1-7-4-10(14)11(5-9(7)13)15-12(18)16(3)8(2)6-17/h4-5,8,17H,6H2,1-3H3,(H,15,18). The fourth-order valence-corrected chi connectivity index (χ4v) is 1.70. The summed E-state index contributed by atoms with van der Waals surface area (Å²) < 4.78 is 0. The second-order valence-corrected chi connectivity index (χ2v) is 4.97. The van der Waals surface area contributed by atoms with Crippen LogP contribution in [0.5, 0.6) is 0 Å². The van der Waals surface area contributed by atoms with Gasteiger partial charge in [0.05, 0.1) is 23.4 Å². The monoisotopic (exact) mass is 290 g/mol. The van der Waals surface area contributed by atoms with Crippen molar-refractivity contribution in [3.05, 3.63) is 27.7 Å². The number of carbonyl (C=O) groups excluding carboxylic acids is 1. The molecular formula is C12H16Cl2N2O2. The van der Waals surface area contributed by atoms with Crippen LogP contribution in [0.15, 0.2) is 12.1 Å². The van der Waals surface area contributed by atoms with E-state index < -0.39 is 0 Å².